The van der Waals surface area contributed by atoms with E-state index in [9.17, 15) is 14.4 Å². The number of para-hydroxylation sites is 2. The van der Waals surface area contributed by atoms with E-state index < -0.39 is 0 Å². The largest absolute Gasteiger partial charge is 0.329 e. The zero-order valence-electron chi connectivity index (χ0n) is 15.8. The van der Waals surface area contributed by atoms with Gasteiger partial charge in [-0.3, -0.25) is 19.3 Å². The second-order valence-corrected chi connectivity index (χ2v) is 7.48. The summed E-state index contributed by atoms with van der Waals surface area (Å²) < 4.78 is 1.48. The molecular weight excluding hydrogens is 427 g/mol. The van der Waals surface area contributed by atoms with Gasteiger partial charge in [0.2, 0.25) is 5.91 Å². The summed E-state index contributed by atoms with van der Waals surface area (Å²) in [5, 5.41) is 6.05. The zero-order chi connectivity index (χ0) is 21.4. The molecule has 7 nitrogen and oxygen atoms in total. The molecular formula is C21H16Cl2N4O3. The number of nitrogens with zero attached hydrogens (tertiary/aromatic N) is 2. The van der Waals surface area contributed by atoms with Crippen LogP contribution in [0.4, 0.5) is 17.1 Å². The van der Waals surface area contributed by atoms with Crippen molar-refractivity contribution in [3.8, 4) is 0 Å². The number of nitrogens with one attached hydrogen (secondary N) is 2. The Labute approximate surface area is 182 Å². The maximum absolute atomic E-state index is 13.0. The Balaban J connectivity index is 1.52. The van der Waals surface area contributed by atoms with E-state index in [1.165, 1.54) is 15.5 Å². The lowest BCUT2D eigenvalue weighted by Gasteiger charge is -2.29. The van der Waals surface area contributed by atoms with Gasteiger partial charge in [0.1, 0.15) is 17.4 Å². The Morgan fingerprint density at radius 1 is 1.07 bits per heavy atom. The summed E-state index contributed by atoms with van der Waals surface area (Å²) in [6, 6.07) is 15.0. The van der Waals surface area contributed by atoms with Crippen LogP contribution in [0.25, 0.3) is 0 Å². The minimum atomic E-state index is -0.382. The molecule has 152 valence electrons. The minimum absolute atomic E-state index is 0.0661. The number of carbonyl (C=O) groups excluding carboxylic acids is 3. The number of aromatic nitrogens is 1. The fraction of sp³-hybridized carbons (Fsp3) is 0.0952. The molecule has 1 aromatic heterocycles. The van der Waals surface area contributed by atoms with Gasteiger partial charge in [-0.25, -0.2) is 0 Å². The van der Waals surface area contributed by atoms with Crippen molar-refractivity contribution in [2.24, 2.45) is 7.05 Å². The second-order valence-electron chi connectivity index (χ2n) is 6.72. The van der Waals surface area contributed by atoms with E-state index in [-0.39, 0.29) is 34.4 Å². The topological polar surface area (TPSA) is 83.4 Å². The molecule has 0 aliphatic carbocycles. The molecule has 0 fully saturated rings. The van der Waals surface area contributed by atoms with E-state index in [1.54, 1.807) is 55.6 Å². The number of carbonyl (C=O) groups is 3. The van der Waals surface area contributed by atoms with Crippen molar-refractivity contribution in [2.75, 3.05) is 22.1 Å². The van der Waals surface area contributed by atoms with Gasteiger partial charge in [-0.15, -0.1) is 0 Å². The zero-order valence-corrected chi connectivity index (χ0v) is 17.3. The molecule has 30 heavy (non-hydrogen) atoms. The Kier molecular flexibility index (Phi) is 5.24. The minimum Gasteiger partial charge on any atom is -0.329 e. The Bertz CT molecular complexity index is 1170. The van der Waals surface area contributed by atoms with Gasteiger partial charge in [0, 0.05) is 18.3 Å². The predicted molar refractivity (Wildman–Crippen MR) is 117 cm³/mol. The number of amides is 3. The number of fused-ring (bicyclic) bond motifs is 1. The summed E-state index contributed by atoms with van der Waals surface area (Å²) in [4.78, 5) is 38.8. The van der Waals surface area contributed by atoms with Gasteiger partial charge in [0.25, 0.3) is 11.8 Å². The maximum Gasteiger partial charge on any atom is 0.272 e. The number of hydrogen-bond acceptors (Lipinski definition) is 3. The van der Waals surface area contributed by atoms with Crippen molar-refractivity contribution < 1.29 is 14.4 Å². The first-order chi connectivity index (χ1) is 14.3. The Morgan fingerprint density at radius 2 is 1.77 bits per heavy atom. The van der Waals surface area contributed by atoms with Crippen LogP contribution in [-0.4, -0.2) is 28.8 Å². The third kappa shape index (κ3) is 3.65. The number of hydrogen-bond donors (Lipinski definition) is 2. The lowest BCUT2D eigenvalue weighted by molar-refractivity contribution is -0.115. The Morgan fingerprint density at radius 3 is 2.43 bits per heavy atom. The van der Waals surface area contributed by atoms with Gasteiger partial charge >= 0.3 is 0 Å². The van der Waals surface area contributed by atoms with E-state index in [2.05, 4.69) is 10.6 Å². The lowest BCUT2D eigenvalue weighted by Crippen LogP contribution is -2.42. The maximum atomic E-state index is 13.0. The number of rotatable bonds is 3. The van der Waals surface area contributed by atoms with Crippen molar-refractivity contribution >= 4 is 58.0 Å². The van der Waals surface area contributed by atoms with Crippen LogP contribution in [0.2, 0.25) is 10.2 Å². The van der Waals surface area contributed by atoms with Gasteiger partial charge in [-0.05, 0) is 42.5 Å². The summed E-state index contributed by atoms with van der Waals surface area (Å²) in [7, 11) is 1.64. The molecule has 0 saturated carbocycles. The highest BCUT2D eigenvalue weighted by atomic mass is 35.5. The summed E-state index contributed by atoms with van der Waals surface area (Å²) in [6.07, 6.45) is 0. The average molecular weight is 443 g/mol. The molecule has 2 N–H and O–H groups in total. The van der Waals surface area contributed by atoms with E-state index in [0.29, 0.717) is 28.3 Å². The van der Waals surface area contributed by atoms with Crippen LogP contribution >= 0.6 is 23.2 Å². The van der Waals surface area contributed by atoms with Crippen LogP contribution in [0.1, 0.15) is 20.8 Å². The first kappa shape index (κ1) is 20.0. The first-order valence-electron chi connectivity index (χ1n) is 8.98. The molecule has 0 saturated heterocycles. The fourth-order valence-corrected chi connectivity index (χ4v) is 3.60. The van der Waals surface area contributed by atoms with Crippen LogP contribution in [0, 0.1) is 0 Å². The molecule has 0 atom stereocenters. The van der Waals surface area contributed by atoms with E-state index in [4.69, 9.17) is 23.2 Å². The smallest absolute Gasteiger partial charge is 0.272 e. The number of benzene rings is 2. The van der Waals surface area contributed by atoms with Gasteiger partial charge in [0.05, 0.1) is 16.4 Å². The Hall–Kier alpha value is -3.29. The van der Waals surface area contributed by atoms with Crippen LogP contribution in [-0.2, 0) is 11.8 Å². The van der Waals surface area contributed by atoms with Gasteiger partial charge < -0.3 is 15.2 Å². The monoisotopic (exact) mass is 442 g/mol. The van der Waals surface area contributed by atoms with Crippen LogP contribution in [0.15, 0.2) is 54.6 Å². The van der Waals surface area contributed by atoms with E-state index in [0.717, 1.165) is 0 Å². The number of anilines is 3. The van der Waals surface area contributed by atoms with Gasteiger partial charge in [0.15, 0.2) is 0 Å². The third-order valence-corrected chi connectivity index (χ3v) is 5.60. The normalized spacial score (nSPS) is 12.9. The molecule has 1 aliphatic rings. The first-order valence-corrected chi connectivity index (χ1v) is 9.73. The van der Waals surface area contributed by atoms with Crippen molar-refractivity contribution in [3.05, 3.63) is 76.0 Å². The van der Waals surface area contributed by atoms with E-state index >= 15 is 0 Å². The molecule has 0 bridgehead atoms. The average Bonchev–Trinajstić information content (AvgIpc) is 3.00. The lowest BCUT2D eigenvalue weighted by atomic mass is 10.1. The van der Waals surface area contributed by atoms with Crippen LogP contribution in [0.3, 0.4) is 0 Å². The summed E-state index contributed by atoms with van der Waals surface area (Å²) in [5.74, 6) is -0.950. The molecule has 3 aromatic rings. The van der Waals surface area contributed by atoms with Crippen molar-refractivity contribution in [1.29, 1.82) is 0 Å². The van der Waals surface area contributed by atoms with Crippen molar-refractivity contribution in [1.82, 2.24) is 4.57 Å². The molecule has 0 radical (unpaired) electrons. The summed E-state index contributed by atoms with van der Waals surface area (Å²) in [6.45, 7) is -0.0661. The SMILES string of the molecule is Cn1c(C(=O)Nc2ccc(C(=O)N3CC(=O)Nc4ccccc43)cc2)cc(Cl)c1Cl. The molecule has 2 heterocycles. The van der Waals surface area contributed by atoms with Crippen molar-refractivity contribution in [3.63, 3.8) is 0 Å². The molecule has 9 heteroatoms. The standard InChI is InChI=1S/C21H16Cl2N4O3/c1-26-17(10-14(22)19(26)23)20(29)24-13-8-6-12(7-9-13)21(30)27-11-18(28)25-15-4-2-3-5-16(15)27/h2-10H,11H2,1H3,(H,24,29)(H,25,28). The second kappa shape index (κ2) is 7.85. The quantitative estimate of drug-likeness (QED) is 0.637. The van der Waals surface area contributed by atoms with Gasteiger partial charge in [-0.1, -0.05) is 35.3 Å². The molecule has 1 aliphatic heterocycles. The van der Waals surface area contributed by atoms with E-state index in [1.807, 2.05) is 0 Å². The fourth-order valence-electron chi connectivity index (χ4n) is 3.22. The molecule has 2 aromatic carbocycles. The molecule has 0 unspecified atom stereocenters. The van der Waals surface area contributed by atoms with Crippen LogP contribution in [0.5, 0.6) is 0 Å². The summed E-state index contributed by atoms with van der Waals surface area (Å²) in [5.41, 5.74) is 2.42. The highest BCUT2D eigenvalue weighted by Gasteiger charge is 2.27. The molecule has 0 spiro atoms. The van der Waals surface area contributed by atoms with Crippen molar-refractivity contribution in [2.45, 2.75) is 0 Å². The third-order valence-electron chi connectivity index (χ3n) is 4.75. The molecule has 3 amide bonds. The van der Waals surface area contributed by atoms with Crippen LogP contribution < -0.4 is 15.5 Å². The molecule has 4 rings (SSSR count). The summed E-state index contributed by atoms with van der Waals surface area (Å²) >= 11 is 12.0. The number of halogens is 2. The van der Waals surface area contributed by atoms with Gasteiger partial charge in [-0.2, -0.15) is 0 Å². The predicted octanol–water partition coefficient (Wildman–Crippen LogP) is 4.18. The highest BCUT2D eigenvalue weighted by molar-refractivity contribution is 6.42. The highest BCUT2D eigenvalue weighted by Crippen LogP contribution is 2.30.